The number of halogens is 1. The highest BCUT2D eigenvalue weighted by Crippen LogP contribution is 2.31. The van der Waals surface area contributed by atoms with Crippen LogP contribution in [-0.4, -0.2) is 41.9 Å². The maximum absolute atomic E-state index is 12.8. The van der Waals surface area contributed by atoms with Crippen LogP contribution in [0.3, 0.4) is 0 Å². The number of benzene rings is 1. The molecule has 0 unspecified atom stereocenters. The molecule has 3 heterocycles. The molecule has 31 heavy (non-hydrogen) atoms. The molecule has 7 nitrogen and oxygen atoms in total. The molecule has 1 amide bonds. The van der Waals surface area contributed by atoms with Crippen molar-refractivity contribution in [1.82, 2.24) is 19.2 Å². The smallest absolute Gasteiger partial charge is 0.265 e. The molecule has 1 aromatic carbocycles. The second-order valence-electron chi connectivity index (χ2n) is 7.52. The van der Waals surface area contributed by atoms with Crippen molar-refractivity contribution < 1.29 is 13.2 Å². The summed E-state index contributed by atoms with van der Waals surface area (Å²) in [7, 11) is -1.98. The Morgan fingerprint density at radius 3 is 2.68 bits per heavy atom. The summed E-state index contributed by atoms with van der Waals surface area (Å²) >= 11 is 7.42. The van der Waals surface area contributed by atoms with E-state index in [1.165, 1.54) is 11.3 Å². The highest BCUT2D eigenvalue weighted by Gasteiger charge is 2.26. The molecule has 3 aromatic rings. The van der Waals surface area contributed by atoms with E-state index in [-0.39, 0.29) is 17.3 Å². The van der Waals surface area contributed by atoms with Gasteiger partial charge in [0, 0.05) is 37.9 Å². The monoisotopic (exact) mass is 478 g/mol. The Balaban J connectivity index is 1.57. The van der Waals surface area contributed by atoms with Gasteiger partial charge in [-0.15, -0.1) is 11.3 Å². The van der Waals surface area contributed by atoms with E-state index in [0.29, 0.717) is 31.9 Å². The number of aromatic nitrogens is 2. The van der Waals surface area contributed by atoms with Crippen LogP contribution in [0.5, 0.6) is 0 Å². The quantitative estimate of drug-likeness (QED) is 0.583. The van der Waals surface area contributed by atoms with E-state index >= 15 is 0 Å². The van der Waals surface area contributed by atoms with Gasteiger partial charge in [0.25, 0.3) is 5.91 Å². The Morgan fingerprint density at radius 2 is 1.97 bits per heavy atom. The van der Waals surface area contributed by atoms with Gasteiger partial charge in [-0.05, 0) is 37.5 Å². The average molecular weight is 479 g/mol. The number of aryl methyl sites for hydroxylation is 2. The predicted molar refractivity (Wildman–Crippen MR) is 122 cm³/mol. The number of carbonyl (C=O) groups is 1. The van der Waals surface area contributed by atoms with Crippen molar-refractivity contribution in [2.24, 2.45) is 7.05 Å². The van der Waals surface area contributed by atoms with Crippen LogP contribution in [0.1, 0.15) is 33.8 Å². The molecule has 0 aliphatic carbocycles. The van der Waals surface area contributed by atoms with Gasteiger partial charge in [0.2, 0.25) is 10.0 Å². The number of amides is 1. The Kier molecular flexibility index (Phi) is 6.20. The van der Waals surface area contributed by atoms with Crippen LogP contribution in [0.15, 0.2) is 41.4 Å². The minimum absolute atomic E-state index is 0.00205. The second kappa shape index (κ2) is 8.74. The maximum Gasteiger partial charge on any atom is 0.265 e. The van der Waals surface area contributed by atoms with E-state index in [0.717, 1.165) is 25.9 Å². The molecular weight excluding hydrogens is 456 g/mol. The molecule has 0 atom stereocenters. The van der Waals surface area contributed by atoms with E-state index in [1.807, 2.05) is 17.9 Å². The van der Waals surface area contributed by atoms with Gasteiger partial charge in [0.1, 0.15) is 14.8 Å². The van der Waals surface area contributed by atoms with Crippen molar-refractivity contribution in [3.63, 3.8) is 0 Å². The molecule has 0 radical (unpaired) electrons. The fraction of sp³-hybridized carbons (Fsp3) is 0.333. The third-order valence-electron chi connectivity index (χ3n) is 5.30. The number of thiazole rings is 1. The molecular formula is C21H23ClN4O3S2. The van der Waals surface area contributed by atoms with Crippen LogP contribution in [0.25, 0.3) is 10.7 Å². The zero-order valence-electron chi connectivity index (χ0n) is 17.3. The number of likely N-dealkylation sites (tertiary alicyclic amines) is 1. The minimum Gasteiger partial charge on any atom is -0.347 e. The van der Waals surface area contributed by atoms with Crippen molar-refractivity contribution in [3.8, 4) is 10.7 Å². The molecule has 0 spiro atoms. The van der Waals surface area contributed by atoms with Gasteiger partial charge in [-0.1, -0.05) is 29.8 Å². The molecule has 1 fully saturated rings. The van der Waals surface area contributed by atoms with Gasteiger partial charge >= 0.3 is 0 Å². The van der Waals surface area contributed by atoms with Crippen molar-refractivity contribution in [3.05, 3.63) is 57.7 Å². The summed E-state index contributed by atoms with van der Waals surface area (Å²) in [4.78, 5) is 19.9. The summed E-state index contributed by atoms with van der Waals surface area (Å²) in [6.07, 6.45) is 3.59. The summed E-state index contributed by atoms with van der Waals surface area (Å²) < 4.78 is 30.0. The molecule has 1 N–H and O–H groups in total. The minimum atomic E-state index is -3.75. The zero-order chi connectivity index (χ0) is 22.2. The first-order valence-electron chi connectivity index (χ1n) is 9.93. The van der Waals surface area contributed by atoms with Gasteiger partial charge in [0.05, 0.1) is 11.4 Å². The molecule has 4 rings (SSSR count). The van der Waals surface area contributed by atoms with Crippen LogP contribution in [-0.2, 0) is 23.6 Å². The van der Waals surface area contributed by atoms with E-state index in [2.05, 4.69) is 9.71 Å². The number of sulfonamides is 1. The summed E-state index contributed by atoms with van der Waals surface area (Å²) in [6, 6.07) is 8.68. The first kappa shape index (κ1) is 22.0. The lowest BCUT2D eigenvalue weighted by molar-refractivity contribution is 0.0796. The fourth-order valence-electron chi connectivity index (χ4n) is 3.56. The average Bonchev–Trinajstić information content (AvgIpc) is 3.47. The Labute approximate surface area is 190 Å². The third-order valence-corrected chi connectivity index (χ3v) is 8.21. The number of rotatable bonds is 6. The van der Waals surface area contributed by atoms with Gasteiger partial charge in [-0.25, -0.2) is 18.1 Å². The van der Waals surface area contributed by atoms with E-state index in [9.17, 15) is 13.2 Å². The highest BCUT2D eigenvalue weighted by atomic mass is 35.5. The largest absolute Gasteiger partial charge is 0.347 e. The van der Waals surface area contributed by atoms with E-state index < -0.39 is 10.0 Å². The van der Waals surface area contributed by atoms with E-state index in [1.54, 1.807) is 42.1 Å². The van der Waals surface area contributed by atoms with Gasteiger partial charge in [-0.2, -0.15) is 0 Å². The lowest BCUT2D eigenvalue weighted by Gasteiger charge is -2.13. The van der Waals surface area contributed by atoms with Crippen molar-refractivity contribution >= 4 is 38.9 Å². The second-order valence-corrected chi connectivity index (χ2v) is 10.7. The summed E-state index contributed by atoms with van der Waals surface area (Å²) in [5.74, 6) is 0.00205. The van der Waals surface area contributed by atoms with Crippen molar-refractivity contribution in [2.75, 3.05) is 13.1 Å². The number of nitrogens with one attached hydrogen (secondary N) is 1. The fourth-order valence-corrected chi connectivity index (χ4v) is 5.93. The number of hydrogen-bond acceptors (Lipinski definition) is 5. The van der Waals surface area contributed by atoms with Crippen molar-refractivity contribution in [1.29, 1.82) is 0 Å². The summed E-state index contributed by atoms with van der Waals surface area (Å²) in [6.45, 7) is 3.45. The number of hydrogen-bond donors (Lipinski definition) is 1. The molecule has 1 aliphatic rings. The number of nitrogens with zero attached hydrogens (tertiary/aromatic N) is 3. The first-order valence-corrected chi connectivity index (χ1v) is 12.6. The Bertz CT molecular complexity index is 1230. The van der Waals surface area contributed by atoms with Crippen LogP contribution in [0.2, 0.25) is 5.02 Å². The standard InChI is InChI=1S/C21H23ClN4O3S2/c1-14-19(21(27)26-9-5-6-10-26)30-20(24-14)18-11-16(13-25(18)2)31(28,29)23-12-15-7-3-4-8-17(15)22/h3-4,7-8,11,13,23H,5-6,9-10,12H2,1-2H3. The lowest BCUT2D eigenvalue weighted by Crippen LogP contribution is -2.27. The van der Waals surface area contributed by atoms with Crippen LogP contribution < -0.4 is 4.72 Å². The SMILES string of the molecule is Cc1nc(-c2cc(S(=O)(=O)NCc3ccccc3Cl)cn2C)sc1C(=O)N1CCCC1. The lowest BCUT2D eigenvalue weighted by atomic mass is 10.2. The highest BCUT2D eigenvalue weighted by molar-refractivity contribution is 7.89. The first-order chi connectivity index (χ1) is 14.8. The third kappa shape index (κ3) is 4.55. The Morgan fingerprint density at radius 1 is 1.26 bits per heavy atom. The molecule has 164 valence electrons. The molecule has 2 aromatic heterocycles. The topological polar surface area (TPSA) is 84.3 Å². The molecule has 1 aliphatic heterocycles. The summed E-state index contributed by atoms with van der Waals surface area (Å²) in [5, 5.41) is 1.13. The molecule has 0 bridgehead atoms. The molecule has 10 heteroatoms. The maximum atomic E-state index is 12.8. The van der Waals surface area contributed by atoms with Crippen molar-refractivity contribution in [2.45, 2.75) is 31.2 Å². The van der Waals surface area contributed by atoms with Crippen LogP contribution >= 0.6 is 22.9 Å². The van der Waals surface area contributed by atoms with Crippen LogP contribution in [0.4, 0.5) is 0 Å². The van der Waals surface area contributed by atoms with Gasteiger partial charge in [0.15, 0.2) is 0 Å². The van der Waals surface area contributed by atoms with Gasteiger partial charge in [-0.3, -0.25) is 4.79 Å². The Hall–Kier alpha value is -2.20. The van der Waals surface area contributed by atoms with E-state index in [4.69, 9.17) is 11.6 Å². The van der Waals surface area contributed by atoms with Gasteiger partial charge < -0.3 is 9.47 Å². The van der Waals surface area contributed by atoms with Crippen LogP contribution in [0, 0.1) is 6.92 Å². The molecule has 1 saturated heterocycles. The number of carbonyl (C=O) groups excluding carboxylic acids is 1. The molecule has 0 saturated carbocycles. The summed E-state index contributed by atoms with van der Waals surface area (Å²) in [5.41, 5.74) is 2.01. The zero-order valence-corrected chi connectivity index (χ0v) is 19.6. The predicted octanol–water partition coefficient (Wildman–Crippen LogP) is 3.82. The normalized spacial score (nSPS) is 14.4.